The highest BCUT2D eigenvalue weighted by Crippen LogP contribution is 2.32. The molecule has 8 heteroatoms. The molecule has 2 aromatic carbocycles. The van der Waals surface area contributed by atoms with Crippen molar-refractivity contribution in [3.8, 4) is 28.4 Å². The molecule has 0 saturated heterocycles. The number of esters is 1. The van der Waals surface area contributed by atoms with Crippen LogP contribution in [0, 0.1) is 5.41 Å². The Morgan fingerprint density at radius 2 is 1.93 bits per heavy atom. The lowest BCUT2D eigenvalue weighted by atomic mass is 10.1. The number of H-pyrrole nitrogens is 1. The van der Waals surface area contributed by atoms with Gasteiger partial charge < -0.3 is 20.2 Å². The van der Waals surface area contributed by atoms with E-state index in [1.54, 1.807) is 18.3 Å². The predicted molar refractivity (Wildman–Crippen MR) is 110 cm³/mol. The first kappa shape index (κ1) is 19.5. The number of benzene rings is 2. The predicted octanol–water partition coefficient (Wildman–Crippen LogP) is 3.30. The van der Waals surface area contributed by atoms with Gasteiger partial charge in [0, 0.05) is 16.0 Å². The molecular formula is C20H20N4O3S. The highest BCUT2D eigenvalue weighted by atomic mass is 32.2. The van der Waals surface area contributed by atoms with Crippen molar-refractivity contribution in [2.75, 3.05) is 20.0 Å². The number of amidine groups is 1. The summed E-state index contributed by atoms with van der Waals surface area (Å²) in [6.07, 6.45) is 3.70. The first-order chi connectivity index (χ1) is 13.5. The number of nitrogens with zero attached hydrogens (tertiary/aromatic N) is 1. The summed E-state index contributed by atoms with van der Waals surface area (Å²) in [4.78, 5) is 19.9. The second-order valence-corrected chi connectivity index (χ2v) is 6.72. The zero-order valence-corrected chi connectivity index (χ0v) is 16.3. The van der Waals surface area contributed by atoms with E-state index in [9.17, 15) is 4.79 Å². The van der Waals surface area contributed by atoms with Crippen LogP contribution in [-0.2, 0) is 9.53 Å². The van der Waals surface area contributed by atoms with Crippen LogP contribution in [-0.4, -0.2) is 41.7 Å². The van der Waals surface area contributed by atoms with Crippen LogP contribution in [0.1, 0.15) is 5.56 Å². The van der Waals surface area contributed by atoms with Gasteiger partial charge in [0.1, 0.15) is 17.4 Å². The molecule has 0 bridgehead atoms. The molecule has 28 heavy (non-hydrogen) atoms. The molecule has 0 aliphatic heterocycles. The average Bonchev–Trinajstić information content (AvgIpc) is 3.22. The fraction of sp³-hybridized carbons (Fsp3) is 0.150. The van der Waals surface area contributed by atoms with Gasteiger partial charge in [-0.3, -0.25) is 5.41 Å². The van der Waals surface area contributed by atoms with Crippen molar-refractivity contribution in [1.29, 1.82) is 5.41 Å². The molecule has 0 saturated carbocycles. The van der Waals surface area contributed by atoms with Crippen LogP contribution in [0.15, 0.2) is 53.6 Å². The molecule has 1 aromatic heterocycles. The SMILES string of the molecule is COC(=O)COc1ccc(-c2ncc(-c3ccc(C(=N)N)cc3)[nH]2)cc1SC. The number of aromatic nitrogens is 2. The summed E-state index contributed by atoms with van der Waals surface area (Å²) in [7, 11) is 1.33. The topological polar surface area (TPSA) is 114 Å². The Morgan fingerprint density at radius 1 is 1.21 bits per heavy atom. The molecule has 3 aromatic rings. The lowest BCUT2D eigenvalue weighted by Gasteiger charge is -2.10. The molecule has 0 fully saturated rings. The van der Waals surface area contributed by atoms with Gasteiger partial charge in [-0.1, -0.05) is 24.3 Å². The van der Waals surface area contributed by atoms with E-state index in [1.165, 1.54) is 18.9 Å². The van der Waals surface area contributed by atoms with Crippen molar-refractivity contribution in [3.05, 3.63) is 54.2 Å². The fourth-order valence-corrected chi connectivity index (χ4v) is 3.15. The monoisotopic (exact) mass is 396 g/mol. The van der Waals surface area contributed by atoms with Crippen LogP contribution in [0.3, 0.4) is 0 Å². The van der Waals surface area contributed by atoms with Crippen LogP contribution < -0.4 is 10.5 Å². The summed E-state index contributed by atoms with van der Waals surface area (Å²) < 4.78 is 10.1. The number of imidazole rings is 1. The highest BCUT2D eigenvalue weighted by Gasteiger charge is 2.11. The van der Waals surface area contributed by atoms with E-state index >= 15 is 0 Å². The van der Waals surface area contributed by atoms with Gasteiger partial charge >= 0.3 is 5.97 Å². The van der Waals surface area contributed by atoms with Gasteiger partial charge in [0.25, 0.3) is 0 Å². The highest BCUT2D eigenvalue weighted by molar-refractivity contribution is 7.98. The summed E-state index contributed by atoms with van der Waals surface area (Å²) in [5.74, 6) is 0.951. The van der Waals surface area contributed by atoms with E-state index in [0.717, 1.165) is 27.5 Å². The quantitative estimate of drug-likeness (QED) is 0.244. The number of nitrogens with one attached hydrogen (secondary N) is 2. The second kappa shape index (κ2) is 8.62. The maximum absolute atomic E-state index is 11.3. The number of hydrogen-bond acceptors (Lipinski definition) is 6. The number of nitrogen functional groups attached to an aromatic ring is 1. The normalized spacial score (nSPS) is 10.5. The molecule has 0 radical (unpaired) electrons. The Bertz CT molecular complexity index is 999. The van der Waals surface area contributed by atoms with E-state index in [-0.39, 0.29) is 12.4 Å². The van der Waals surface area contributed by atoms with Crippen molar-refractivity contribution < 1.29 is 14.3 Å². The number of aromatic amines is 1. The summed E-state index contributed by atoms with van der Waals surface area (Å²) >= 11 is 1.52. The van der Waals surface area contributed by atoms with Gasteiger partial charge in [0.2, 0.25) is 0 Å². The molecule has 3 rings (SSSR count). The first-order valence-electron chi connectivity index (χ1n) is 8.39. The average molecular weight is 396 g/mol. The molecular weight excluding hydrogens is 376 g/mol. The van der Waals surface area contributed by atoms with Crippen LogP contribution in [0.25, 0.3) is 22.6 Å². The first-order valence-corrected chi connectivity index (χ1v) is 9.62. The van der Waals surface area contributed by atoms with Gasteiger partial charge in [-0.25, -0.2) is 9.78 Å². The third-order valence-electron chi connectivity index (χ3n) is 4.09. The van der Waals surface area contributed by atoms with Crippen molar-refractivity contribution in [1.82, 2.24) is 9.97 Å². The third-order valence-corrected chi connectivity index (χ3v) is 4.85. The zero-order valence-electron chi connectivity index (χ0n) is 15.5. The number of methoxy groups -OCH3 is 1. The van der Waals surface area contributed by atoms with Crippen LogP contribution in [0.5, 0.6) is 5.75 Å². The van der Waals surface area contributed by atoms with E-state index in [2.05, 4.69) is 14.7 Å². The van der Waals surface area contributed by atoms with Crippen molar-refractivity contribution in [2.24, 2.45) is 5.73 Å². The van der Waals surface area contributed by atoms with Gasteiger partial charge in [0.15, 0.2) is 6.61 Å². The third kappa shape index (κ3) is 4.34. The van der Waals surface area contributed by atoms with Crippen LogP contribution in [0.4, 0.5) is 0 Å². The molecule has 0 amide bonds. The summed E-state index contributed by atoms with van der Waals surface area (Å²) in [6.45, 7) is -0.134. The molecule has 144 valence electrons. The number of hydrogen-bond donors (Lipinski definition) is 3. The maximum atomic E-state index is 11.3. The number of carbonyl (C=O) groups is 1. The van der Waals surface area contributed by atoms with Gasteiger partial charge in [-0.2, -0.15) is 0 Å². The molecule has 4 N–H and O–H groups in total. The Balaban J connectivity index is 1.82. The van der Waals surface area contributed by atoms with Crippen molar-refractivity contribution in [2.45, 2.75) is 4.90 Å². The Labute approximate surface area is 166 Å². The molecule has 0 aliphatic rings. The molecule has 0 spiro atoms. The van der Waals surface area contributed by atoms with E-state index in [4.69, 9.17) is 15.9 Å². The van der Waals surface area contributed by atoms with Gasteiger partial charge in [-0.15, -0.1) is 11.8 Å². The van der Waals surface area contributed by atoms with E-state index in [1.807, 2.05) is 36.6 Å². The number of nitrogens with two attached hydrogens (primary N) is 1. The standard InChI is InChI=1S/C20H20N4O3S/c1-26-18(25)11-27-16-8-7-14(9-17(16)28-2)20-23-10-15(24-20)12-3-5-13(6-4-12)19(21)22/h3-10H,11H2,1-2H3,(H3,21,22)(H,23,24). The minimum absolute atomic E-state index is 0.0379. The number of ether oxygens (including phenoxy) is 2. The molecule has 7 nitrogen and oxygen atoms in total. The lowest BCUT2D eigenvalue weighted by molar-refractivity contribution is -0.142. The van der Waals surface area contributed by atoms with Gasteiger partial charge in [-0.05, 0) is 30.0 Å². The summed E-state index contributed by atoms with van der Waals surface area (Å²) in [5, 5.41) is 7.47. The minimum atomic E-state index is -0.428. The zero-order chi connectivity index (χ0) is 20.1. The van der Waals surface area contributed by atoms with Gasteiger partial charge in [0.05, 0.1) is 19.0 Å². The van der Waals surface area contributed by atoms with Crippen molar-refractivity contribution in [3.63, 3.8) is 0 Å². The number of thioether (sulfide) groups is 1. The summed E-state index contributed by atoms with van der Waals surface area (Å²) in [5.41, 5.74) is 8.89. The molecule has 0 aliphatic carbocycles. The number of carbonyl (C=O) groups excluding carboxylic acids is 1. The van der Waals surface area contributed by atoms with Crippen LogP contribution >= 0.6 is 11.8 Å². The largest absolute Gasteiger partial charge is 0.481 e. The molecule has 0 atom stereocenters. The Hall–Kier alpha value is -3.26. The minimum Gasteiger partial charge on any atom is -0.481 e. The second-order valence-electron chi connectivity index (χ2n) is 5.87. The van der Waals surface area contributed by atoms with Crippen LogP contribution in [0.2, 0.25) is 0 Å². The Kier molecular flexibility index (Phi) is 6.00. The number of rotatable bonds is 7. The lowest BCUT2D eigenvalue weighted by Crippen LogP contribution is -2.12. The maximum Gasteiger partial charge on any atom is 0.343 e. The fourth-order valence-electron chi connectivity index (χ4n) is 2.57. The molecule has 1 heterocycles. The summed E-state index contributed by atoms with van der Waals surface area (Å²) in [6, 6.07) is 13.0. The Morgan fingerprint density at radius 3 is 2.57 bits per heavy atom. The smallest absolute Gasteiger partial charge is 0.343 e. The molecule has 0 unspecified atom stereocenters. The van der Waals surface area contributed by atoms with E-state index in [0.29, 0.717) is 11.3 Å². The van der Waals surface area contributed by atoms with E-state index < -0.39 is 5.97 Å². The van der Waals surface area contributed by atoms with Crippen molar-refractivity contribution >= 4 is 23.6 Å².